The highest BCUT2D eigenvalue weighted by atomic mass is 79.9. The zero-order valence-corrected chi connectivity index (χ0v) is 10.9. The second-order valence-electron chi connectivity index (χ2n) is 3.88. The zero-order chi connectivity index (χ0) is 12.3. The van der Waals surface area contributed by atoms with E-state index in [-0.39, 0.29) is 0 Å². The maximum absolute atomic E-state index is 12.0. The topological polar surface area (TPSA) is 49.4 Å². The Morgan fingerprint density at radius 2 is 1.94 bits per heavy atom. The number of carbonyl (C=O) groups excluding carboxylic acids is 2. The zero-order valence-electron chi connectivity index (χ0n) is 9.28. The normalized spacial score (nSPS) is 15.7. The van der Waals surface area contributed by atoms with Gasteiger partial charge in [-0.05, 0) is 12.1 Å². The highest BCUT2D eigenvalue weighted by molar-refractivity contribution is 9.10. The Balaban J connectivity index is 2.11. The first-order valence-electron chi connectivity index (χ1n) is 5.48. The van der Waals surface area contributed by atoms with Gasteiger partial charge in [0.2, 0.25) is 5.78 Å². The average Bonchev–Trinajstić information content (AvgIpc) is 2.38. The first-order chi connectivity index (χ1) is 8.18. The Bertz CT molecular complexity index is 442. The summed E-state index contributed by atoms with van der Waals surface area (Å²) in [6, 6.07) is 6.91. The number of halogens is 1. The van der Waals surface area contributed by atoms with E-state index in [9.17, 15) is 9.59 Å². The van der Waals surface area contributed by atoms with E-state index in [0.29, 0.717) is 18.7 Å². The molecule has 17 heavy (non-hydrogen) atoms. The first-order valence-corrected chi connectivity index (χ1v) is 6.27. The summed E-state index contributed by atoms with van der Waals surface area (Å²) in [5, 5.41) is 3.14. The van der Waals surface area contributed by atoms with Crippen LogP contribution >= 0.6 is 15.9 Å². The lowest BCUT2D eigenvalue weighted by molar-refractivity contribution is -0.126. The molecule has 0 aliphatic carbocycles. The maximum Gasteiger partial charge on any atom is 0.295 e. The number of hydrogen-bond donors (Lipinski definition) is 1. The fourth-order valence-corrected chi connectivity index (χ4v) is 2.16. The lowest BCUT2D eigenvalue weighted by Crippen LogP contribution is -2.48. The van der Waals surface area contributed by atoms with Gasteiger partial charge in [-0.25, -0.2) is 0 Å². The summed E-state index contributed by atoms with van der Waals surface area (Å²) < 4.78 is 0.802. The molecule has 1 saturated heterocycles. The molecule has 0 bridgehead atoms. The second-order valence-corrected chi connectivity index (χ2v) is 4.80. The van der Waals surface area contributed by atoms with Crippen LogP contribution in [0.15, 0.2) is 28.7 Å². The van der Waals surface area contributed by atoms with Crippen molar-refractivity contribution in [3.8, 4) is 0 Å². The second kappa shape index (κ2) is 5.42. The smallest absolute Gasteiger partial charge is 0.295 e. The van der Waals surface area contributed by atoms with Gasteiger partial charge in [0, 0.05) is 36.2 Å². The van der Waals surface area contributed by atoms with Crippen molar-refractivity contribution in [2.45, 2.75) is 0 Å². The van der Waals surface area contributed by atoms with Gasteiger partial charge >= 0.3 is 0 Å². The van der Waals surface area contributed by atoms with Crippen molar-refractivity contribution >= 4 is 27.6 Å². The minimum Gasteiger partial charge on any atom is -0.333 e. The van der Waals surface area contributed by atoms with E-state index in [4.69, 9.17) is 0 Å². The van der Waals surface area contributed by atoms with Gasteiger partial charge < -0.3 is 10.2 Å². The standard InChI is InChI=1S/C12H13BrN2O2/c13-10-3-1-2-9(8-10)11(16)12(17)15-6-4-14-5-7-15/h1-3,8,14H,4-7H2. The molecule has 4 nitrogen and oxygen atoms in total. The Morgan fingerprint density at radius 1 is 1.24 bits per heavy atom. The molecule has 1 N–H and O–H groups in total. The maximum atomic E-state index is 12.0. The van der Waals surface area contributed by atoms with Crippen LogP contribution in [-0.4, -0.2) is 42.8 Å². The molecule has 1 aliphatic heterocycles. The predicted octanol–water partition coefficient (Wildman–Crippen LogP) is 1.06. The summed E-state index contributed by atoms with van der Waals surface area (Å²) in [4.78, 5) is 25.5. The van der Waals surface area contributed by atoms with Gasteiger partial charge in [0.05, 0.1) is 0 Å². The molecule has 1 fully saturated rings. The molecule has 0 radical (unpaired) electrons. The van der Waals surface area contributed by atoms with Crippen molar-refractivity contribution in [3.05, 3.63) is 34.3 Å². The molecular formula is C12H13BrN2O2. The molecule has 1 heterocycles. The van der Waals surface area contributed by atoms with Crippen LogP contribution < -0.4 is 5.32 Å². The minimum atomic E-state index is -0.437. The molecule has 1 aromatic carbocycles. The molecular weight excluding hydrogens is 284 g/mol. The quantitative estimate of drug-likeness (QED) is 0.656. The molecule has 0 atom stereocenters. The molecule has 1 aromatic rings. The van der Waals surface area contributed by atoms with Crippen LogP contribution in [-0.2, 0) is 4.79 Å². The van der Waals surface area contributed by atoms with Crippen LogP contribution in [0.1, 0.15) is 10.4 Å². The van der Waals surface area contributed by atoms with Crippen LogP contribution in [0, 0.1) is 0 Å². The third-order valence-corrected chi connectivity index (χ3v) is 3.18. The average molecular weight is 297 g/mol. The Kier molecular flexibility index (Phi) is 3.91. The van der Waals surface area contributed by atoms with Crippen molar-refractivity contribution in [2.24, 2.45) is 0 Å². The van der Waals surface area contributed by atoms with Gasteiger partial charge in [-0.3, -0.25) is 9.59 Å². The number of benzene rings is 1. The number of nitrogens with one attached hydrogen (secondary N) is 1. The predicted molar refractivity (Wildman–Crippen MR) is 67.9 cm³/mol. The number of carbonyl (C=O) groups is 2. The van der Waals surface area contributed by atoms with Crippen molar-refractivity contribution in [1.29, 1.82) is 0 Å². The Labute approximate surface area is 108 Å². The largest absolute Gasteiger partial charge is 0.333 e. The lowest BCUT2D eigenvalue weighted by Gasteiger charge is -2.26. The van der Waals surface area contributed by atoms with E-state index in [1.165, 1.54) is 0 Å². The van der Waals surface area contributed by atoms with Gasteiger partial charge in [0.25, 0.3) is 5.91 Å². The molecule has 1 amide bonds. The summed E-state index contributed by atoms with van der Waals surface area (Å²) in [6.07, 6.45) is 0. The van der Waals surface area contributed by atoms with Gasteiger partial charge in [-0.1, -0.05) is 28.1 Å². The van der Waals surface area contributed by atoms with Gasteiger partial charge in [-0.2, -0.15) is 0 Å². The SMILES string of the molecule is O=C(C(=O)N1CCNCC1)c1cccc(Br)c1. The number of nitrogens with zero attached hydrogens (tertiary/aromatic N) is 1. The van der Waals surface area contributed by atoms with Gasteiger partial charge in [0.15, 0.2) is 0 Å². The lowest BCUT2D eigenvalue weighted by atomic mass is 10.1. The highest BCUT2D eigenvalue weighted by Gasteiger charge is 2.24. The van der Waals surface area contributed by atoms with E-state index >= 15 is 0 Å². The monoisotopic (exact) mass is 296 g/mol. The molecule has 2 rings (SSSR count). The van der Waals surface area contributed by atoms with Gasteiger partial charge in [0.1, 0.15) is 0 Å². The van der Waals surface area contributed by atoms with Gasteiger partial charge in [-0.15, -0.1) is 0 Å². The number of hydrogen-bond acceptors (Lipinski definition) is 3. The van der Waals surface area contributed by atoms with Crippen molar-refractivity contribution in [3.63, 3.8) is 0 Å². The van der Waals surface area contributed by atoms with E-state index in [1.807, 2.05) is 6.07 Å². The van der Waals surface area contributed by atoms with Crippen LogP contribution in [0.2, 0.25) is 0 Å². The molecule has 0 unspecified atom stereocenters. The number of rotatable bonds is 2. The summed E-state index contributed by atoms with van der Waals surface area (Å²) in [6.45, 7) is 2.69. The minimum absolute atomic E-state index is 0.412. The van der Waals surface area contributed by atoms with E-state index in [2.05, 4.69) is 21.2 Å². The molecule has 5 heteroatoms. The fourth-order valence-electron chi connectivity index (χ4n) is 1.76. The number of ketones is 1. The molecule has 1 aliphatic rings. The summed E-state index contributed by atoms with van der Waals surface area (Å²) >= 11 is 3.29. The number of piperazine rings is 1. The van der Waals surface area contributed by atoms with Crippen LogP contribution in [0.25, 0.3) is 0 Å². The Hall–Kier alpha value is -1.20. The molecule has 0 spiro atoms. The third kappa shape index (κ3) is 2.92. The fraction of sp³-hybridized carbons (Fsp3) is 0.333. The number of amides is 1. The third-order valence-electron chi connectivity index (χ3n) is 2.69. The first kappa shape index (κ1) is 12.3. The summed E-state index contributed by atoms with van der Waals surface area (Å²) in [5.74, 6) is -0.849. The van der Waals surface area contributed by atoms with E-state index < -0.39 is 11.7 Å². The van der Waals surface area contributed by atoms with E-state index in [0.717, 1.165) is 17.6 Å². The van der Waals surface area contributed by atoms with Crippen LogP contribution in [0.3, 0.4) is 0 Å². The van der Waals surface area contributed by atoms with Crippen molar-refractivity contribution in [1.82, 2.24) is 10.2 Å². The number of Topliss-reactive ketones (excluding diaryl/α,β-unsaturated/α-hetero) is 1. The molecule has 0 saturated carbocycles. The van der Waals surface area contributed by atoms with Crippen molar-refractivity contribution < 1.29 is 9.59 Å². The highest BCUT2D eigenvalue weighted by Crippen LogP contribution is 2.13. The van der Waals surface area contributed by atoms with E-state index in [1.54, 1.807) is 23.1 Å². The van der Waals surface area contributed by atoms with Crippen LogP contribution in [0.4, 0.5) is 0 Å². The van der Waals surface area contributed by atoms with Crippen molar-refractivity contribution in [2.75, 3.05) is 26.2 Å². The summed E-state index contributed by atoms with van der Waals surface area (Å²) in [7, 11) is 0. The summed E-state index contributed by atoms with van der Waals surface area (Å²) in [5.41, 5.74) is 0.433. The molecule has 90 valence electrons. The Morgan fingerprint density at radius 3 is 2.59 bits per heavy atom. The molecule has 0 aromatic heterocycles. The van der Waals surface area contributed by atoms with Crippen LogP contribution in [0.5, 0.6) is 0 Å².